The summed E-state index contributed by atoms with van der Waals surface area (Å²) in [5.41, 5.74) is 5.03. The number of benzene rings is 1. The van der Waals surface area contributed by atoms with E-state index in [1.807, 2.05) is 39.0 Å². The monoisotopic (exact) mass is 298 g/mol. The molecule has 4 N–H and O–H groups in total. The zero-order valence-corrected chi connectivity index (χ0v) is 12.7. The fourth-order valence-electron chi connectivity index (χ4n) is 2.72. The first kappa shape index (κ1) is 14.3. The lowest BCUT2D eigenvalue weighted by molar-refractivity contribution is 0.0948. The van der Waals surface area contributed by atoms with Crippen LogP contribution in [0.15, 0.2) is 24.4 Å². The molecule has 3 rings (SSSR count). The second-order valence-electron chi connectivity index (χ2n) is 5.46. The maximum absolute atomic E-state index is 11.9. The van der Waals surface area contributed by atoms with Gasteiger partial charge in [-0.25, -0.2) is 10.8 Å². The number of amides is 1. The Bertz CT molecular complexity index is 867. The molecule has 1 amide bonds. The highest BCUT2D eigenvalue weighted by Crippen LogP contribution is 2.35. The highest BCUT2D eigenvalue weighted by molar-refractivity contribution is 6.13. The zero-order valence-electron chi connectivity index (χ0n) is 12.7. The van der Waals surface area contributed by atoms with Crippen molar-refractivity contribution in [2.45, 2.75) is 26.9 Å². The lowest BCUT2D eigenvalue weighted by atomic mass is 10.1. The fraction of sp³-hybridized carbons (Fsp3) is 0.250. The van der Waals surface area contributed by atoms with Gasteiger partial charge in [-0.15, -0.1) is 0 Å². The first-order valence-corrected chi connectivity index (χ1v) is 7.10. The van der Waals surface area contributed by atoms with Crippen LogP contribution in [0, 0.1) is 6.92 Å². The van der Waals surface area contributed by atoms with Gasteiger partial charge in [0.05, 0.1) is 23.3 Å². The summed E-state index contributed by atoms with van der Waals surface area (Å²) in [6.45, 7) is 5.82. The normalized spacial score (nSPS) is 11.3. The average Bonchev–Trinajstić information content (AvgIpc) is 2.86. The summed E-state index contributed by atoms with van der Waals surface area (Å²) in [6.07, 6.45) is 1.70. The third-order valence-corrected chi connectivity index (χ3v) is 3.58. The third kappa shape index (κ3) is 2.17. The molecule has 2 aromatic heterocycles. The molecule has 22 heavy (non-hydrogen) atoms. The molecule has 0 spiro atoms. The number of ether oxygens (including phenoxy) is 1. The van der Waals surface area contributed by atoms with Crippen molar-refractivity contribution in [3.05, 3.63) is 35.7 Å². The van der Waals surface area contributed by atoms with Crippen LogP contribution in [0.3, 0.4) is 0 Å². The van der Waals surface area contributed by atoms with Gasteiger partial charge < -0.3 is 9.72 Å². The summed E-state index contributed by atoms with van der Waals surface area (Å²) < 4.78 is 5.91. The largest absolute Gasteiger partial charge is 0.490 e. The van der Waals surface area contributed by atoms with Crippen LogP contribution in [0.25, 0.3) is 21.8 Å². The molecule has 1 aromatic carbocycles. The number of nitrogens with two attached hydrogens (primary N) is 1. The van der Waals surface area contributed by atoms with Gasteiger partial charge in [0.1, 0.15) is 11.4 Å². The number of nitrogens with one attached hydrogen (secondary N) is 2. The number of hydrogen-bond acceptors (Lipinski definition) is 4. The van der Waals surface area contributed by atoms with Gasteiger partial charge in [0.25, 0.3) is 5.91 Å². The van der Waals surface area contributed by atoms with Crippen molar-refractivity contribution in [3.8, 4) is 5.75 Å². The number of carbonyl (C=O) groups excluding carboxylic acids is 1. The first-order valence-electron chi connectivity index (χ1n) is 7.10. The molecular formula is C16H18N4O2. The molecule has 6 heteroatoms. The number of pyridine rings is 1. The summed E-state index contributed by atoms with van der Waals surface area (Å²) in [6, 6.07) is 5.84. The van der Waals surface area contributed by atoms with E-state index in [2.05, 4.69) is 15.4 Å². The van der Waals surface area contributed by atoms with E-state index in [4.69, 9.17) is 10.6 Å². The number of hydrazine groups is 1. The van der Waals surface area contributed by atoms with Crippen molar-refractivity contribution in [1.82, 2.24) is 15.4 Å². The van der Waals surface area contributed by atoms with E-state index < -0.39 is 5.91 Å². The second kappa shape index (κ2) is 5.31. The molecule has 114 valence electrons. The van der Waals surface area contributed by atoms with Crippen LogP contribution in [-0.4, -0.2) is 22.0 Å². The van der Waals surface area contributed by atoms with Crippen molar-refractivity contribution >= 4 is 27.7 Å². The molecule has 0 radical (unpaired) electrons. The standard InChI is InChI=1S/C16H18N4O2/c1-8(2)22-12-6-4-5-10-14(12)13-9(3)15(16(21)20-17)18-7-11(13)19-10/h4-8,19H,17H2,1-3H3,(H,20,21). The fourth-order valence-corrected chi connectivity index (χ4v) is 2.72. The quantitative estimate of drug-likeness (QED) is 0.393. The van der Waals surface area contributed by atoms with Gasteiger partial charge in [-0.3, -0.25) is 10.2 Å². The predicted octanol–water partition coefficient (Wildman–Crippen LogP) is 2.42. The number of hydrogen-bond donors (Lipinski definition) is 3. The molecule has 0 unspecified atom stereocenters. The maximum Gasteiger partial charge on any atom is 0.284 e. The molecule has 0 fully saturated rings. The molecule has 3 aromatic rings. The highest BCUT2D eigenvalue weighted by atomic mass is 16.5. The predicted molar refractivity (Wildman–Crippen MR) is 85.8 cm³/mol. The van der Waals surface area contributed by atoms with Crippen LogP contribution in [0.5, 0.6) is 5.75 Å². The third-order valence-electron chi connectivity index (χ3n) is 3.58. The van der Waals surface area contributed by atoms with E-state index in [9.17, 15) is 4.79 Å². The molecule has 0 atom stereocenters. The molecule has 0 saturated heterocycles. The lowest BCUT2D eigenvalue weighted by Gasteiger charge is -2.12. The molecular weight excluding hydrogens is 280 g/mol. The molecule has 0 aliphatic carbocycles. The SMILES string of the molecule is Cc1c(C(=O)NN)ncc2[nH]c3cccc(OC(C)C)c3c12. The van der Waals surface area contributed by atoms with Crippen LogP contribution in [0.4, 0.5) is 0 Å². The Morgan fingerprint density at radius 3 is 2.77 bits per heavy atom. The van der Waals surface area contributed by atoms with Crippen LogP contribution in [0.2, 0.25) is 0 Å². The maximum atomic E-state index is 11.9. The van der Waals surface area contributed by atoms with Crippen LogP contribution in [0.1, 0.15) is 29.9 Å². The van der Waals surface area contributed by atoms with Crippen molar-refractivity contribution in [2.24, 2.45) is 5.84 Å². The van der Waals surface area contributed by atoms with E-state index in [0.717, 1.165) is 33.1 Å². The summed E-state index contributed by atoms with van der Waals surface area (Å²) >= 11 is 0. The number of fused-ring (bicyclic) bond motifs is 3. The Hall–Kier alpha value is -2.60. The molecule has 0 aliphatic rings. The lowest BCUT2D eigenvalue weighted by Crippen LogP contribution is -2.31. The Labute approximate surface area is 127 Å². The van der Waals surface area contributed by atoms with Crippen molar-refractivity contribution in [2.75, 3.05) is 0 Å². The summed E-state index contributed by atoms with van der Waals surface area (Å²) in [7, 11) is 0. The topological polar surface area (TPSA) is 93.0 Å². The minimum atomic E-state index is -0.406. The molecule has 0 saturated carbocycles. The van der Waals surface area contributed by atoms with Gasteiger partial charge in [0.15, 0.2) is 0 Å². The Kier molecular flexibility index (Phi) is 3.46. The van der Waals surface area contributed by atoms with Crippen LogP contribution >= 0.6 is 0 Å². The smallest absolute Gasteiger partial charge is 0.284 e. The number of nitrogens with zero attached hydrogens (tertiary/aromatic N) is 1. The van der Waals surface area contributed by atoms with E-state index in [1.54, 1.807) is 6.20 Å². The molecule has 0 bridgehead atoms. The van der Waals surface area contributed by atoms with Crippen molar-refractivity contribution in [3.63, 3.8) is 0 Å². The summed E-state index contributed by atoms with van der Waals surface area (Å²) in [4.78, 5) is 19.4. The summed E-state index contributed by atoms with van der Waals surface area (Å²) in [5, 5.41) is 1.89. The Morgan fingerprint density at radius 2 is 2.09 bits per heavy atom. The number of rotatable bonds is 3. The second-order valence-corrected chi connectivity index (χ2v) is 5.46. The van der Waals surface area contributed by atoms with Gasteiger partial charge in [0, 0.05) is 10.8 Å². The Morgan fingerprint density at radius 1 is 1.32 bits per heavy atom. The number of aromatic nitrogens is 2. The minimum absolute atomic E-state index is 0.0597. The van der Waals surface area contributed by atoms with Gasteiger partial charge in [0.2, 0.25) is 0 Å². The highest BCUT2D eigenvalue weighted by Gasteiger charge is 2.18. The van der Waals surface area contributed by atoms with E-state index in [-0.39, 0.29) is 6.10 Å². The van der Waals surface area contributed by atoms with E-state index >= 15 is 0 Å². The summed E-state index contributed by atoms with van der Waals surface area (Å²) in [5.74, 6) is 5.61. The number of carbonyl (C=O) groups is 1. The number of H-pyrrole nitrogens is 1. The number of nitrogen functional groups attached to an aromatic ring is 1. The van der Waals surface area contributed by atoms with Gasteiger partial charge >= 0.3 is 0 Å². The average molecular weight is 298 g/mol. The number of aromatic amines is 1. The Balaban J connectivity index is 2.37. The number of aryl methyl sites for hydroxylation is 1. The van der Waals surface area contributed by atoms with Gasteiger partial charge in [-0.05, 0) is 38.5 Å². The minimum Gasteiger partial charge on any atom is -0.490 e. The van der Waals surface area contributed by atoms with E-state index in [0.29, 0.717) is 5.69 Å². The van der Waals surface area contributed by atoms with Gasteiger partial charge in [-0.1, -0.05) is 6.07 Å². The molecule has 6 nitrogen and oxygen atoms in total. The molecule has 0 aliphatic heterocycles. The van der Waals surface area contributed by atoms with Crippen molar-refractivity contribution in [1.29, 1.82) is 0 Å². The van der Waals surface area contributed by atoms with E-state index in [1.165, 1.54) is 0 Å². The van der Waals surface area contributed by atoms with Crippen LogP contribution < -0.4 is 16.0 Å². The molecule has 2 heterocycles. The van der Waals surface area contributed by atoms with Crippen LogP contribution in [-0.2, 0) is 0 Å². The van der Waals surface area contributed by atoms with Crippen molar-refractivity contribution < 1.29 is 9.53 Å². The van der Waals surface area contributed by atoms with Gasteiger partial charge in [-0.2, -0.15) is 0 Å². The first-order chi connectivity index (χ1) is 10.5. The zero-order chi connectivity index (χ0) is 15.9.